The molecule has 0 atom stereocenters. The molecule has 3 rings (SSSR count). The van der Waals surface area contributed by atoms with Crippen molar-refractivity contribution in [2.75, 3.05) is 5.32 Å². The van der Waals surface area contributed by atoms with Crippen LogP contribution in [0.4, 0.5) is 11.4 Å². The summed E-state index contributed by atoms with van der Waals surface area (Å²) in [5.74, 6) is -0.957. The van der Waals surface area contributed by atoms with Gasteiger partial charge in [0.05, 0.1) is 28.7 Å². The Balaban J connectivity index is 1.99. The van der Waals surface area contributed by atoms with Crippen LogP contribution < -0.4 is 5.32 Å². The number of nitrogens with zero attached hydrogens (tertiary/aromatic N) is 1. The fraction of sp³-hybridized carbons (Fsp3) is 0. The van der Waals surface area contributed by atoms with Gasteiger partial charge in [0, 0.05) is 5.39 Å². The summed E-state index contributed by atoms with van der Waals surface area (Å²) in [6, 6.07) is 16.5. The Morgan fingerprint density at radius 1 is 1.05 bits per heavy atom. The lowest BCUT2D eigenvalue weighted by molar-refractivity contribution is 0.0698. The number of carboxylic acids is 1. The Morgan fingerprint density at radius 3 is 2.65 bits per heavy atom. The molecule has 0 amide bonds. The highest BCUT2D eigenvalue weighted by molar-refractivity contribution is 5.95. The van der Waals surface area contributed by atoms with Crippen LogP contribution in [-0.4, -0.2) is 16.1 Å². The molecule has 2 N–H and O–H groups in total. The van der Waals surface area contributed by atoms with Crippen LogP contribution >= 0.6 is 0 Å². The van der Waals surface area contributed by atoms with Gasteiger partial charge >= 0.3 is 5.97 Å². The number of hydrogen-bond donors (Lipinski definition) is 2. The molecule has 0 saturated heterocycles. The molecule has 1 aromatic heterocycles. The number of hydrogen-bond acceptors (Lipinski definition) is 3. The van der Waals surface area contributed by atoms with Crippen LogP contribution in [0.1, 0.15) is 10.4 Å². The number of rotatable bonds is 3. The Labute approximate surface area is 115 Å². The molecule has 1 heterocycles. The Kier molecular flexibility index (Phi) is 3.05. The predicted molar refractivity (Wildman–Crippen MR) is 78.4 cm³/mol. The minimum atomic E-state index is -0.957. The zero-order valence-corrected chi connectivity index (χ0v) is 10.6. The van der Waals surface area contributed by atoms with E-state index in [-0.39, 0.29) is 5.56 Å². The molecular formula is C16H12N2O2. The third-order valence-corrected chi connectivity index (χ3v) is 3.03. The van der Waals surface area contributed by atoms with Gasteiger partial charge in [0.1, 0.15) is 0 Å². The van der Waals surface area contributed by atoms with E-state index >= 15 is 0 Å². The van der Waals surface area contributed by atoms with Crippen LogP contribution in [0.5, 0.6) is 0 Å². The molecule has 2 aromatic carbocycles. The van der Waals surface area contributed by atoms with Crippen LogP contribution in [0.3, 0.4) is 0 Å². The first-order valence-corrected chi connectivity index (χ1v) is 6.18. The smallest absolute Gasteiger partial charge is 0.337 e. The van der Waals surface area contributed by atoms with Gasteiger partial charge in [-0.3, -0.25) is 4.98 Å². The average molecular weight is 264 g/mol. The number of carboxylic acid groups (broad SMARTS) is 1. The first-order chi connectivity index (χ1) is 9.74. The molecule has 0 aliphatic rings. The molecule has 4 nitrogen and oxygen atoms in total. The normalized spacial score (nSPS) is 10.4. The number of aromatic nitrogens is 1. The summed E-state index contributed by atoms with van der Waals surface area (Å²) in [5, 5.41) is 13.3. The Bertz CT molecular complexity index is 784. The summed E-state index contributed by atoms with van der Waals surface area (Å²) in [6.45, 7) is 0. The van der Waals surface area contributed by atoms with Gasteiger partial charge in [-0.15, -0.1) is 0 Å². The lowest BCUT2D eigenvalue weighted by Crippen LogP contribution is -2.02. The number of aromatic carboxylic acids is 1. The van der Waals surface area contributed by atoms with E-state index in [4.69, 9.17) is 5.11 Å². The SMILES string of the molecule is O=C(O)c1ccccc1Nc1cnc2ccccc2c1. The van der Waals surface area contributed by atoms with Crippen molar-refractivity contribution < 1.29 is 9.90 Å². The Hall–Kier alpha value is -2.88. The molecule has 0 unspecified atom stereocenters. The van der Waals surface area contributed by atoms with Gasteiger partial charge in [-0.2, -0.15) is 0 Å². The highest BCUT2D eigenvalue weighted by atomic mass is 16.4. The maximum atomic E-state index is 11.2. The van der Waals surface area contributed by atoms with E-state index in [1.165, 1.54) is 0 Å². The van der Waals surface area contributed by atoms with Crippen molar-refractivity contribution in [3.8, 4) is 0 Å². The van der Waals surface area contributed by atoms with Gasteiger partial charge in [-0.05, 0) is 24.3 Å². The van der Waals surface area contributed by atoms with Crippen molar-refractivity contribution in [1.82, 2.24) is 4.98 Å². The lowest BCUT2D eigenvalue weighted by Gasteiger charge is -2.09. The highest BCUT2D eigenvalue weighted by Crippen LogP contribution is 2.23. The number of benzene rings is 2. The van der Waals surface area contributed by atoms with Crippen molar-refractivity contribution in [1.29, 1.82) is 0 Å². The first kappa shape index (κ1) is 12.2. The number of fused-ring (bicyclic) bond motifs is 1. The summed E-state index contributed by atoms with van der Waals surface area (Å²) in [4.78, 5) is 15.5. The fourth-order valence-corrected chi connectivity index (χ4v) is 2.07. The summed E-state index contributed by atoms with van der Waals surface area (Å²) in [7, 11) is 0. The molecule has 0 saturated carbocycles. The van der Waals surface area contributed by atoms with Gasteiger partial charge in [-0.1, -0.05) is 30.3 Å². The van der Waals surface area contributed by atoms with E-state index in [2.05, 4.69) is 10.3 Å². The number of anilines is 2. The second kappa shape index (κ2) is 5.01. The third-order valence-electron chi connectivity index (χ3n) is 3.03. The molecular weight excluding hydrogens is 252 g/mol. The largest absolute Gasteiger partial charge is 0.478 e. The topological polar surface area (TPSA) is 62.2 Å². The molecule has 98 valence electrons. The maximum Gasteiger partial charge on any atom is 0.337 e. The minimum absolute atomic E-state index is 0.237. The zero-order valence-electron chi connectivity index (χ0n) is 10.6. The van der Waals surface area contributed by atoms with Crippen molar-refractivity contribution in [2.45, 2.75) is 0 Å². The molecule has 3 aromatic rings. The molecule has 0 fully saturated rings. The molecule has 0 bridgehead atoms. The van der Waals surface area contributed by atoms with E-state index in [9.17, 15) is 4.79 Å². The fourth-order valence-electron chi connectivity index (χ4n) is 2.07. The van der Waals surface area contributed by atoms with Crippen LogP contribution in [0.25, 0.3) is 10.9 Å². The molecule has 0 radical (unpaired) electrons. The second-order valence-electron chi connectivity index (χ2n) is 4.39. The van der Waals surface area contributed by atoms with Gasteiger partial charge in [0.15, 0.2) is 0 Å². The predicted octanol–water partition coefficient (Wildman–Crippen LogP) is 3.68. The van der Waals surface area contributed by atoms with Gasteiger partial charge in [-0.25, -0.2) is 4.79 Å². The van der Waals surface area contributed by atoms with Crippen molar-refractivity contribution in [3.63, 3.8) is 0 Å². The van der Waals surface area contributed by atoms with E-state index < -0.39 is 5.97 Å². The maximum absolute atomic E-state index is 11.2. The van der Waals surface area contributed by atoms with Gasteiger partial charge in [0.2, 0.25) is 0 Å². The standard InChI is InChI=1S/C16H12N2O2/c19-16(20)13-6-2-4-8-15(13)18-12-9-11-5-1-3-7-14(11)17-10-12/h1-10,18H,(H,19,20). The average Bonchev–Trinajstić information content (AvgIpc) is 2.47. The van der Waals surface area contributed by atoms with Gasteiger partial charge in [0.25, 0.3) is 0 Å². The first-order valence-electron chi connectivity index (χ1n) is 6.18. The molecule has 0 aliphatic carbocycles. The van der Waals surface area contributed by atoms with Crippen molar-refractivity contribution in [2.24, 2.45) is 0 Å². The monoisotopic (exact) mass is 264 g/mol. The van der Waals surface area contributed by atoms with Crippen LogP contribution in [-0.2, 0) is 0 Å². The molecule has 0 spiro atoms. The second-order valence-corrected chi connectivity index (χ2v) is 4.39. The van der Waals surface area contributed by atoms with E-state index in [0.717, 1.165) is 16.6 Å². The van der Waals surface area contributed by atoms with Crippen molar-refractivity contribution >= 4 is 28.2 Å². The third kappa shape index (κ3) is 2.31. The summed E-state index contributed by atoms with van der Waals surface area (Å²) < 4.78 is 0. The van der Waals surface area contributed by atoms with Crippen LogP contribution in [0.15, 0.2) is 60.8 Å². The zero-order chi connectivity index (χ0) is 13.9. The molecule has 0 aliphatic heterocycles. The number of carbonyl (C=O) groups is 1. The summed E-state index contributed by atoms with van der Waals surface area (Å²) >= 11 is 0. The van der Waals surface area contributed by atoms with Crippen LogP contribution in [0.2, 0.25) is 0 Å². The van der Waals surface area contributed by atoms with E-state index in [1.54, 1.807) is 30.5 Å². The van der Waals surface area contributed by atoms with E-state index in [1.807, 2.05) is 30.3 Å². The van der Waals surface area contributed by atoms with Crippen LogP contribution in [0, 0.1) is 0 Å². The minimum Gasteiger partial charge on any atom is -0.478 e. The van der Waals surface area contributed by atoms with Gasteiger partial charge < -0.3 is 10.4 Å². The molecule has 20 heavy (non-hydrogen) atoms. The lowest BCUT2D eigenvalue weighted by atomic mass is 10.1. The summed E-state index contributed by atoms with van der Waals surface area (Å²) in [5.41, 5.74) is 2.46. The Morgan fingerprint density at radius 2 is 1.80 bits per heavy atom. The highest BCUT2D eigenvalue weighted by Gasteiger charge is 2.09. The number of pyridine rings is 1. The number of para-hydroxylation sites is 2. The summed E-state index contributed by atoms with van der Waals surface area (Å²) in [6.07, 6.45) is 1.70. The van der Waals surface area contributed by atoms with E-state index in [0.29, 0.717) is 5.69 Å². The molecule has 4 heteroatoms. The van der Waals surface area contributed by atoms with Crippen molar-refractivity contribution in [3.05, 3.63) is 66.4 Å². The number of nitrogens with one attached hydrogen (secondary N) is 1. The quantitative estimate of drug-likeness (QED) is 0.757.